The summed E-state index contributed by atoms with van der Waals surface area (Å²) in [4.78, 5) is 16.5. The Kier molecular flexibility index (Phi) is 6.63. The summed E-state index contributed by atoms with van der Waals surface area (Å²) >= 11 is 0. The minimum atomic E-state index is -0.271. The number of nitrogens with zero attached hydrogens (tertiary/aromatic N) is 1. The fourth-order valence-corrected chi connectivity index (χ4v) is 2.77. The summed E-state index contributed by atoms with van der Waals surface area (Å²) < 4.78 is 24.2. The van der Waals surface area contributed by atoms with Crippen molar-refractivity contribution in [3.63, 3.8) is 0 Å². The average molecular weight is 395 g/mol. The number of rotatable bonds is 8. The molecule has 0 bridgehead atoms. The molecule has 150 valence electrons. The van der Waals surface area contributed by atoms with Crippen LogP contribution in [0.4, 0.5) is 15.9 Å². The number of aromatic nitrogens is 1. The predicted octanol–water partition coefficient (Wildman–Crippen LogP) is 3.95. The molecular formula is C22H22FN3O3. The van der Waals surface area contributed by atoms with Gasteiger partial charge in [-0.25, -0.2) is 9.37 Å². The highest BCUT2D eigenvalue weighted by Crippen LogP contribution is 2.30. The second-order valence-electron chi connectivity index (χ2n) is 6.22. The number of ether oxygens (including phenoxy) is 2. The molecule has 1 aromatic heterocycles. The maximum atomic E-state index is 13.6. The van der Waals surface area contributed by atoms with E-state index >= 15 is 0 Å². The number of nitrogens with one attached hydrogen (secondary N) is 2. The molecule has 0 fully saturated rings. The molecule has 3 aromatic rings. The number of hydrogen-bond acceptors (Lipinski definition) is 5. The van der Waals surface area contributed by atoms with E-state index in [2.05, 4.69) is 15.6 Å². The van der Waals surface area contributed by atoms with Gasteiger partial charge in [-0.3, -0.25) is 4.79 Å². The molecular weight excluding hydrogens is 373 g/mol. The number of pyridine rings is 1. The summed E-state index contributed by atoms with van der Waals surface area (Å²) in [6, 6.07) is 15.3. The Morgan fingerprint density at radius 1 is 1.07 bits per heavy atom. The van der Waals surface area contributed by atoms with Gasteiger partial charge in [0.05, 0.1) is 25.5 Å². The highest BCUT2D eigenvalue weighted by Gasteiger charge is 2.09. The fraction of sp³-hybridized carbons (Fsp3) is 0.182. The summed E-state index contributed by atoms with van der Waals surface area (Å²) in [6.07, 6.45) is 1.90. The molecule has 6 nitrogen and oxygen atoms in total. The van der Waals surface area contributed by atoms with Gasteiger partial charge in [0.2, 0.25) is 0 Å². The number of carbonyl (C=O) groups excluding carboxylic acids is 1. The Hall–Kier alpha value is -3.61. The van der Waals surface area contributed by atoms with E-state index in [0.717, 1.165) is 0 Å². The molecule has 2 aromatic carbocycles. The van der Waals surface area contributed by atoms with Crippen LogP contribution in [0.5, 0.6) is 11.5 Å². The number of halogens is 1. The quantitative estimate of drug-likeness (QED) is 0.604. The fourth-order valence-electron chi connectivity index (χ4n) is 2.77. The summed E-state index contributed by atoms with van der Waals surface area (Å²) in [5.41, 5.74) is 1.68. The molecule has 0 aliphatic carbocycles. The van der Waals surface area contributed by atoms with Crippen molar-refractivity contribution in [1.29, 1.82) is 0 Å². The van der Waals surface area contributed by atoms with Gasteiger partial charge >= 0.3 is 0 Å². The first-order valence-electron chi connectivity index (χ1n) is 9.07. The van der Waals surface area contributed by atoms with Gasteiger partial charge in [0.25, 0.3) is 5.91 Å². The first kappa shape index (κ1) is 20.1. The van der Waals surface area contributed by atoms with E-state index in [9.17, 15) is 9.18 Å². The second kappa shape index (κ2) is 9.54. The van der Waals surface area contributed by atoms with Crippen LogP contribution >= 0.6 is 0 Å². The number of hydrogen-bond donors (Lipinski definition) is 2. The Balaban J connectivity index is 1.60. The largest absolute Gasteiger partial charge is 0.497 e. The molecule has 0 atom stereocenters. The zero-order chi connectivity index (χ0) is 20.6. The third kappa shape index (κ3) is 5.22. The molecule has 0 aliphatic heterocycles. The zero-order valence-corrected chi connectivity index (χ0v) is 16.2. The second-order valence-corrected chi connectivity index (χ2v) is 6.22. The van der Waals surface area contributed by atoms with Crippen LogP contribution in [0.1, 0.15) is 15.9 Å². The van der Waals surface area contributed by atoms with E-state index in [1.165, 1.54) is 12.3 Å². The molecule has 0 radical (unpaired) electrons. The zero-order valence-electron chi connectivity index (χ0n) is 16.2. The highest BCUT2D eigenvalue weighted by molar-refractivity contribution is 5.94. The molecule has 3 rings (SSSR count). The van der Waals surface area contributed by atoms with Crippen molar-refractivity contribution in [2.45, 2.75) is 6.42 Å². The number of methoxy groups -OCH3 is 2. The van der Waals surface area contributed by atoms with Crippen LogP contribution in [0.15, 0.2) is 60.8 Å². The number of anilines is 2. The smallest absolute Gasteiger partial charge is 0.252 e. The lowest BCUT2D eigenvalue weighted by molar-refractivity contribution is 0.0953. The van der Waals surface area contributed by atoms with Crippen LogP contribution in [-0.4, -0.2) is 31.7 Å². The number of carbonyl (C=O) groups is 1. The van der Waals surface area contributed by atoms with E-state index < -0.39 is 0 Å². The molecule has 29 heavy (non-hydrogen) atoms. The van der Waals surface area contributed by atoms with Gasteiger partial charge in [-0.15, -0.1) is 0 Å². The van der Waals surface area contributed by atoms with Crippen molar-refractivity contribution in [1.82, 2.24) is 10.3 Å². The minimum absolute atomic E-state index is 0.264. The van der Waals surface area contributed by atoms with Crippen molar-refractivity contribution < 1.29 is 18.7 Å². The lowest BCUT2D eigenvalue weighted by Gasteiger charge is -2.12. The van der Waals surface area contributed by atoms with Crippen LogP contribution in [0.2, 0.25) is 0 Å². The Morgan fingerprint density at radius 3 is 2.59 bits per heavy atom. The van der Waals surface area contributed by atoms with Gasteiger partial charge in [-0.05, 0) is 42.3 Å². The maximum absolute atomic E-state index is 13.6. The van der Waals surface area contributed by atoms with Gasteiger partial charge in [0.1, 0.15) is 23.1 Å². The first-order valence-corrected chi connectivity index (χ1v) is 9.07. The Bertz CT molecular complexity index is 977. The standard InChI is InChI=1S/C22H22FN3O3/c1-28-17-8-9-20(29-2)19(13-17)26-21-10-7-16(14-25-21)22(27)24-12-11-15-5-3-4-6-18(15)23/h3-10,13-14H,11-12H2,1-2H3,(H,24,27)(H,25,26). The summed E-state index contributed by atoms with van der Waals surface area (Å²) in [7, 11) is 3.17. The molecule has 2 N–H and O–H groups in total. The molecule has 1 amide bonds. The topological polar surface area (TPSA) is 72.5 Å². The average Bonchev–Trinajstić information content (AvgIpc) is 2.75. The highest BCUT2D eigenvalue weighted by atomic mass is 19.1. The van der Waals surface area contributed by atoms with Crippen molar-refractivity contribution >= 4 is 17.4 Å². The van der Waals surface area contributed by atoms with Gasteiger partial charge < -0.3 is 20.1 Å². The van der Waals surface area contributed by atoms with Crippen LogP contribution in [0, 0.1) is 5.82 Å². The number of amides is 1. The molecule has 1 heterocycles. The Labute approximate surface area is 168 Å². The van der Waals surface area contributed by atoms with E-state index in [4.69, 9.17) is 9.47 Å². The van der Waals surface area contributed by atoms with Crippen molar-refractivity contribution in [2.75, 3.05) is 26.1 Å². The van der Waals surface area contributed by atoms with E-state index in [1.54, 1.807) is 62.8 Å². The summed E-state index contributed by atoms with van der Waals surface area (Å²) in [5, 5.41) is 5.92. The lowest BCUT2D eigenvalue weighted by atomic mass is 10.1. The van der Waals surface area contributed by atoms with Crippen LogP contribution < -0.4 is 20.1 Å². The van der Waals surface area contributed by atoms with Crippen molar-refractivity contribution in [3.8, 4) is 11.5 Å². The first-order chi connectivity index (χ1) is 14.1. The minimum Gasteiger partial charge on any atom is -0.497 e. The van der Waals surface area contributed by atoms with Crippen molar-refractivity contribution in [2.24, 2.45) is 0 Å². The summed E-state index contributed by atoms with van der Waals surface area (Å²) in [5.74, 6) is 1.34. The Morgan fingerprint density at radius 2 is 1.90 bits per heavy atom. The van der Waals surface area contributed by atoms with Crippen LogP contribution in [0.3, 0.4) is 0 Å². The third-order valence-electron chi connectivity index (χ3n) is 4.33. The monoisotopic (exact) mass is 395 g/mol. The maximum Gasteiger partial charge on any atom is 0.252 e. The molecule has 0 saturated heterocycles. The van der Waals surface area contributed by atoms with Crippen molar-refractivity contribution in [3.05, 3.63) is 77.7 Å². The van der Waals surface area contributed by atoms with Gasteiger partial charge in [-0.2, -0.15) is 0 Å². The third-order valence-corrected chi connectivity index (χ3v) is 4.33. The molecule has 0 aliphatic rings. The lowest BCUT2D eigenvalue weighted by Crippen LogP contribution is -2.26. The van der Waals surface area contributed by atoms with Crippen LogP contribution in [0.25, 0.3) is 0 Å². The number of benzene rings is 2. The summed E-state index contributed by atoms with van der Waals surface area (Å²) in [6.45, 7) is 0.334. The molecule has 0 spiro atoms. The normalized spacial score (nSPS) is 10.3. The van der Waals surface area contributed by atoms with E-state index in [-0.39, 0.29) is 11.7 Å². The van der Waals surface area contributed by atoms with Gasteiger partial charge in [-0.1, -0.05) is 18.2 Å². The van der Waals surface area contributed by atoms with Crippen LogP contribution in [-0.2, 0) is 6.42 Å². The van der Waals surface area contributed by atoms with E-state index in [0.29, 0.717) is 47.1 Å². The molecule has 7 heteroatoms. The molecule has 0 saturated carbocycles. The van der Waals surface area contributed by atoms with Gasteiger partial charge in [0.15, 0.2) is 0 Å². The predicted molar refractivity (Wildman–Crippen MR) is 110 cm³/mol. The SMILES string of the molecule is COc1ccc(OC)c(Nc2ccc(C(=O)NCCc3ccccc3F)cn2)c1. The van der Waals surface area contributed by atoms with Gasteiger partial charge in [0, 0.05) is 18.8 Å². The molecule has 0 unspecified atom stereocenters. The van der Waals surface area contributed by atoms with E-state index in [1.807, 2.05) is 0 Å².